The van der Waals surface area contributed by atoms with Crippen molar-refractivity contribution in [3.63, 3.8) is 0 Å². The molecule has 0 bridgehead atoms. The van der Waals surface area contributed by atoms with Gasteiger partial charge in [-0.2, -0.15) is 0 Å². The van der Waals surface area contributed by atoms with Gasteiger partial charge >= 0.3 is 30.1 Å². The summed E-state index contributed by atoms with van der Waals surface area (Å²) in [6, 6.07) is 11.3. The maximum absolute atomic E-state index is 12.4. The highest BCUT2D eigenvalue weighted by molar-refractivity contribution is 6.00. The number of carboxylic acids is 1. The minimum atomic E-state index is -4.79. The number of alkyl halides is 3. The Hall–Kier alpha value is -4.29. The van der Waals surface area contributed by atoms with Gasteiger partial charge in [0.1, 0.15) is 11.5 Å². The van der Waals surface area contributed by atoms with Gasteiger partial charge in [-0.05, 0) is 74.2 Å². The number of carboxylic acid groups (broad SMARTS) is 1. The van der Waals surface area contributed by atoms with E-state index in [-0.39, 0.29) is 29.7 Å². The number of nitrogens with one attached hydrogen (secondary N) is 2. The van der Waals surface area contributed by atoms with Crippen molar-refractivity contribution >= 4 is 29.3 Å². The van der Waals surface area contributed by atoms with Gasteiger partial charge in [0.2, 0.25) is 0 Å². The van der Waals surface area contributed by atoms with Crippen molar-refractivity contribution in [2.75, 3.05) is 10.6 Å². The van der Waals surface area contributed by atoms with E-state index in [4.69, 9.17) is 14.3 Å². The van der Waals surface area contributed by atoms with Crippen molar-refractivity contribution < 1.29 is 41.8 Å². The van der Waals surface area contributed by atoms with Crippen LogP contribution in [0.15, 0.2) is 52.9 Å². The summed E-state index contributed by atoms with van der Waals surface area (Å²) in [6.45, 7) is 0. The topological polar surface area (TPSA) is 136 Å². The number of hydrogen-bond acceptors (Lipinski definition) is 8. The zero-order valence-electron chi connectivity index (χ0n) is 18.6. The first-order chi connectivity index (χ1) is 17.1. The number of nitrogens with zero attached hydrogens (tertiary/aromatic N) is 2. The van der Waals surface area contributed by atoms with Crippen LogP contribution in [0.5, 0.6) is 11.5 Å². The average molecular weight is 506 g/mol. The lowest BCUT2D eigenvalue weighted by molar-refractivity contribution is -0.274. The number of hydrogen-bond donors (Lipinski definition) is 3. The van der Waals surface area contributed by atoms with Crippen LogP contribution in [0.4, 0.5) is 30.6 Å². The number of aliphatic carboxylic acids is 1. The van der Waals surface area contributed by atoms with E-state index in [2.05, 4.69) is 25.6 Å². The summed E-state index contributed by atoms with van der Waals surface area (Å²) in [4.78, 5) is 23.5. The molecule has 1 aromatic heterocycles. The lowest BCUT2D eigenvalue weighted by atomic mass is 9.87. The molecule has 4 rings (SSSR count). The quantitative estimate of drug-likeness (QED) is 0.386. The molecule has 3 aromatic rings. The van der Waals surface area contributed by atoms with Crippen LogP contribution in [0.1, 0.15) is 36.4 Å². The number of carbonyl (C=O) groups is 2. The van der Waals surface area contributed by atoms with Crippen molar-refractivity contribution in [2.24, 2.45) is 5.92 Å². The molecule has 13 heteroatoms. The van der Waals surface area contributed by atoms with Crippen molar-refractivity contribution in [1.82, 2.24) is 10.2 Å². The normalized spacial score (nSPS) is 17.8. The van der Waals surface area contributed by atoms with E-state index in [1.54, 1.807) is 24.3 Å². The van der Waals surface area contributed by atoms with Gasteiger partial charge in [-0.1, -0.05) is 5.10 Å². The van der Waals surface area contributed by atoms with Gasteiger partial charge in [0.05, 0.1) is 12.0 Å². The molecule has 0 unspecified atom stereocenters. The van der Waals surface area contributed by atoms with E-state index in [1.165, 1.54) is 12.1 Å². The van der Waals surface area contributed by atoms with Gasteiger partial charge in [-0.25, -0.2) is 0 Å². The Kier molecular flexibility index (Phi) is 7.27. The van der Waals surface area contributed by atoms with Crippen molar-refractivity contribution in [1.29, 1.82) is 0 Å². The number of anilines is 3. The number of benzene rings is 2. The Labute approximate surface area is 202 Å². The van der Waals surface area contributed by atoms with Gasteiger partial charge in [0, 0.05) is 11.4 Å². The van der Waals surface area contributed by atoms with Crippen LogP contribution in [-0.2, 0) is 4.79 Å². The fourth-order valence-corrected chi connectivity index (χ4v) is 3.65. The summed E-state index contributed by atoms with van der Waals surface area (Å²) < 4.78 is 51.7. The number of ether oxygens (including phenoxy) is 2. The zero-order valence-corrected chi connectivity index (χ0v) is 18.6. The molecular formula is C23H21F3N4O6. The smallest absolute Gasteiger partial charge is 0.490 e. The van der Waals surface area contributed by atoms with Gasteiger partial charge in [0.15, 0.2) is 0 Å². The second-order valence-electron chi connectivity index (χ2n) is 8.02. The third-order valence-electron chi connectivity index (χ3n) is 5.40. The number of aromatic nitrogens is 2. The lowest BCUT2D eigenvalue weighted by Gasteiger charge is -2.26. The lowest BCUT2D eigenvalue weighted by Crippen LogP contribution is -2.27. The summed E-state index contributed by atoms with van der Waals surface area (Å²) in [5.41, 5.74) is 0.794. The predicted molar refractivity (Wildman–Crippen MR) is 119 cm³/mol. The SMILES string of the molecule is O=C(Nc1ccc(OC2CCC(C(=O)O)CC2)cc1)c1nnc(Nc2ccc(OC(F)(F)F)cc2)o1. The van der Waals surface area contributed by atoms with Crippen LogP contribution in [0.25, 0.3) is 0 Å². The van der Waals surface area contributed by atoms with Crippen molar-refractivity contribution in [2.45, 2.75) is 38.1 Å². The molecule has 0 radical (unpaired) electrons. The fourth-order valence-electron chi connectivity index (χ4n) is 3.65. The second kappa shape index (κ2) is 10.5. The predicted octanol–water partition coefficient (Wildman–Crippen LogP) is 4.99. The molecule has 10 nitrogen and oxygen atoms in total. The minimum Gasteiger partial charge on any atom is -0.490 e. The molecule has 190 valence electrons. The summed E-state index contributed by atoms with van der Waals surface area (Å²) >= 11 is 0. The van der Waals surface area contributed by atoms with Crippen molar-refractivity contribution in [3.8, 4) is 11.5 Å². The molecular weight excluding hydrogens is 485 g/mol. The monoisotopic (exact) mass is 506 g/mol. The molecule has 0 aliphatic heterocycles. The maximum Gasteiger partial charge on any atom is 0.573 e. The first kappa shape index (κ1) is 24.8. The summed E-state index contributed by atoms with van der Waals surface area (Å²) in [5, 5.41) is 21.7. The van der Waals surface area contributed by atoms with Crippen LogP contribution >= 0.6 is 0 Å². The highest BCUT2D eigenvalue weighted by atomic mass is 19.4. The van der Waals surface area contributed by atoms with Crippen LogP contribution in [-0.4, -0.2) is 39.6 Å². The summed E-state index contributed by atoms with van der Waals surface area (Å²) in [7, 11) is 0. The van der Waals surface area contributed by atoms with E-state index in [9.17, 15) is 22.8 Å². The van der Waals surface area contributed by atoms with Crippen molar-refractivity contribution in [3.05, 3.63) is 54.4 Å². The molecule has 1 fully saturated rings. The van der Waals surface area contributed by atoms with Gasteiger partial charge in [-0.3, -0.25) is 9.59 Å². The molecule has 1 heterocycles. The molecule has 2 aromatic carbocycles. The second-order valence-corrected chi connectivity index (χ2v) is 8.02. The summed E-state index contributed by atoms with van der Waals surface area (Å²) in [6.07, 6.45) is -2.37. The highest BCUT2D eigenvalue weighted by Crippen LogP contribution is 2.29. The van der Waals surface area contributed by atoms with Crippen LogP contribution in [0.3, 0.4) is 0 Å². The molecule has 1 aliphatic rings. The first-order valence-electron chi connectivity index (χ1n) is 10.9. The molecule has 1 saturated carbocycles. The molecule has 36 heavy (non-hydrogen) atoms. The van der Waals surface area contributed by atoms with Gasteiger partial charge in [-0.15, -0.1) is 18.3 Å². The number of halogens is 3. The third-order valence-corrected chi connectivity index (χ3v) is 5.40. The maximum atomic E-state index is 12.4. The summed E-state index contributed by atoms with van der Waals surface area (Å²) in [5.74, 6) is -1.87. The van der Waals surface area contributed by atoms with Crippen LogP contribution < -0.4 is 20.1 Å². The minimum absolute atomic E-state index is 0.0567. The number of amides is 1. The fraction of sp³-hybridized carbons (Fsp3) is 0.304. The molecule has 0 atom stereocenters. The number of rotatable bonds is 8. The van der Waals surface area contributed by atoms with Crippen LogP contribution in [0.2, 0.25) is 0 Å². The molecule has 1 amide bonds. The molecule has 0 spiro atoms. The van der Waals surface area contributed by atoms with Crippen LogP contribution in [0, 0.1) is 5.92 Å². The average Bonchev–Trinajstić information content (AvgIpc) is 3.30. The van der Waals surface area contributed by atoms with E-state index < -0.39 is 18.2 Å². The van der Waals surface area contributed by atoms with E-state index >= 15 is 0 Å². The first-order valence-corrected chi connectivity index (χ1v) is 10.9. The Morgan fingerprint density at radius 1 is 0.917 bits per heavy atom. The van der Waals surface area contributed by atoms with E-state index in [1.807, 2.05) is 0 Å². The van der Waals surface area contributed by atoms with E-state index in [0.717, 1.165) is 12.1 Å². The third kappa shape index (κ3) is 6.87. The Morgan fingerprint density at radius 2 is 1.53 bits per heavy atom. The Balaban J connectivity index is 1.27. The standard InChI is InChI=1S/C23H21F3N4O6/c24-23(25,26)36-18-11-5-15(6-12-18)28-22-30-29-20(35-22)19(31)27-14-3-9-17(10-4-14)34-16-7-1-13(2-8-16)21(32)33/h3-6,9-13,16H,1-2,7-8H2,(H,27,31)(H,28,30)(H,32,33). The molecule has 1 aliphatic carbocycles. The highest BCUT2D eigenvalue weighted by Gasteiger charge is 2.31. The number of carbonyl (C=O) groups excluding carboxylic acids is 1. The molecule has 0 saturated heterocycles. The molecule has 3 N–H and O–H groups in total. The van der Waals surface area contributed by atoms with E-state index in [0.29, 0.717) is 42.8 Å². The Morgan fingerprint density at radius 3 is 2.14 bits per heavy atom. The largest absolute Gasteiger partial charge is 0.573 e. The van der Waals surface area contributed by atoms with Gasteiger partial charge < -0.3 is 29.6 Å². The Bertz CT molecular complexity index is 1190. The van der Waals surface area contributed by atoms with Gasteiger partial charge in [0.25, 0.3) is 0 Å². The zero-order chi connectivity index (χ0) is 25.7.